The molecule has 0 saturated heterocycles. The largest absolute Gasteiger partial charge is 0.444 e. The number of alkyl carbamates (subject to hydrolysis) is 1. The molecule has 3 atom stereocenters. The molecule has 0 saturated carbocycles. The first-order chi connectivity index (χ1) is 16.3. The van der Waals surface area contributed by atoms with Gasteiger partial charge in [0.2, 0.25) is 11.8 Å². The van der Waals surface area contributed by atoms with Crippen LogP contribution in [0.25, 0.3) is 0 Å². The molecule has 0 aliphatic rings. The Morgan fingerprint density at radius 3 is 2.17 bits per heavy atom. The van der Waals surface area contributed by atoms with Gasteiger partial charge in [0.25, 0.3) is 0 Å². The fraction of sp³-hybridized carbons (Fsp3) is 0.556. The van der Waals surface area contributed by atoms with Gasteiger partial charge in [0.05, 0.1) is 6.07 Å². The summed E-state index contributed by atoms with van der Waals surface area (Å²) in [5.41, 5.74) is 0.378. The minimum atomic E-state index is -1.09. The first kappa shape index (κ1) is 29.5. The minimum Gasteiger partial charge on any atom is -0.444 e. The molecule has 0 spiro atoms. The van der Waals surface area contributed by atoms with Gasteiger partial charge in [-0.1, -0.05) is 45.2 Å². The second-order valence-corrected chi connectivity index (χ2v) is 9.86. The number of hydrogen-bond donors (Lipinski definition) is 2. The van der Waals surface area contributed by atoms with Crippen molar-refractivity contribution in [2.45, 2.75) is 85.0 Å². The minimum absolute atomic E-state index is 0.125. The van der Waals surface area contributed by atoms with Crippen LogP contribution >= 0.6 is 0 Å². The lowest BCUT2D eigenvalue weighted by Gasteiger charge is -2.34. The first-order valence-electron chi connectivity index (χ1n) is 11.9. The van der Waals surface area contributed by atoms with Gasteiger partial charge in [0.1, 0.15) is 24.2 Å². The van der Waals surface area contributed by atoms with Crippen molar-refractivity contribution in [1.29, 1.82) is 5.26 Å². The summed E-state index contributed by atoms with van der Waals surface area (Å²) in [6.07, 6.45) is 6.35. The number of benzene rings is 1. The maximum absolute atomic E-state index is 13.7. The molecular weight excluding hydrogens is 444 g/mol. The number of carbonyl (C=O) groups excluding carboxylic acids is 3. The number of amides is 3. The van der Waals surface area contributed by atoms with E-state index in [0.717, 1.165) is 12.8 Å². The number of terminal acetylenes is 1. The summed E-state index contributed by atoms with van der Waals surface area (Å²) in [5.74, 6) is 1.22. The van der Waals surface area contributed by atoms with E-state index in [2.05, 4.69) is 16.6 Å². The van der Waals surface area contributed by atoms with E-state index in [9.17, 15) is 19.6 Å². The number of rotatable bonds is 10. The van der Waals surface area contributed by atoms with Crippen LogP contribution in [-0.4, -0.2) is 47.0 Å². The van der Waals surface area contributed by atoms with E-state index in [1.807, 2.05) is 19.9 Å². The molecule has 35 heavy (non-hydrogen) atoms. The highest BCUT2D eigenvalue weighted by Gasteiger charge is 2.37. The number of hydrogen-bond acceptors (Lipinski definition) is 5. The maximum Gasteiger partial charge on any atom is 0.408 e. The Bertz CT molecular complexity index is 951. The van der Waals surface area contributed by atoms with Crippen molar-refractivity contribution in [3.63, 3.8) is 0 Å². The molecule has 3 amide bonds. The molecule has 0 aliphatic carbocycles. The molecule has 0 aromatic heterocycles. The van der Waals surface area contributed by atoms with E-state index in [1.54, 1.807) is 58.9 Å². The van der Waals surface area contributed by atoms with Gasteiger partial charge in [0, 0.05) is 11.6 Å². The molecular formula is C27H38N4O4. The summed E-state index contributed by atoms with van der Waals surface area (Å²) in [5, 5.41) is 15.1. The summed E-state index contributed by atoms with van der Waals surface area (Å²) < 4.78 is 5.32. The fourth-order valence-corrected chi connectivity index (χ4v) is 3.56. The SMILES string of the molecule is C#Cc1ccc(C(C(=O)NC(C)CCC)N(CC#N)C(=O)C(NC(=O)OC(C)(C)C)C(C)C)cc1. The third-order valence-corrected chi connectivity index (χ3v) is 5.19. The molecule has 1 aromatic carbocycles. The van der Waals surface area contributed by atoms with Crippen molar-refractivity contribution in [1.82, 2.24) is 15.5 Å². The quantitative estimate of drug-likeness (QED) is 0.388. The Morgan fingerprint density at radius 2 is 1.71 bits per heavy atom. The van der Waals surface area contributed by atoms with Gasteiger partial charge in [-0.3, -0.25) is 9.59 Å². The maximum atomic E-state index is 13.7. The van der Waals surface area contributed by atoms with Crippen LogP contribution in [0.5, 0.6) is 0 Å². The average Bonchev–Trinajstić information content (AvgIpc) is 2.75. The van der Waals surface area contributed by atoms with Gasteiger partial charge in [0.15, 0.2) is 0 Å². The highest BCUT2D eigenvalue weighted by molar-refractivity contribution is 5.92. The molecule has 1 aromatic rings. The predicted octanol–water partition coefficient (Wildman–Crippen LogP) is 3.92. The van der Waals surface area contributed by atoms with Crippen molar-refractivity contribution >= 4 is 17.9 Å². The van der Waals surface area contributed by atoms with Crippen LogP contribution in [0.2, 0.25) is 0 Å². The monoisotopic (exact) mass is 482 g/mol. The smallest absolute Gasteiger partial charge is 0.408 e. The van der Waals surface area contributed by atoms with Gasteiger partial charge in [-0.2, -0.15) is 5.26 Å². The number of nitrogens with one attached hydrogen (secondary N) is 2. The van der Waals surface area contributed by atoms with E-state index in [0.29, 0.717) is 11.1 Å². The molecule has 190 valence electrons. The Balaban J connectivity index is 3.44. The van der Waals surface area contributed by atoms with Crippen LogP contribution in [0.4, 0.5) is 4.79 Å². The van der Waals surface area contributed by atoms with Gasteiger partial charge >= 0.3 is 6.09 Å². The summed E-state index contributed by atoms with van der Waals surface area (Å²) in [4.78, 5) is 40.8. The fourth-order valence-electron chi connectivity index (χ4n) is 3.56. The van der Waals surface area contributed by atoms with Crippen LogP contribution in [0, 0.1) is 29.6 Å². The van der Waals surface area contributed by atoms with Crippen molar-refractivity contribution in [2.75, 3.05) is 6.54 Å². The molecule has 8 heteroatoms. The van der Waals surface area contributed by atoms with E-state index in [4.69, 9.17) is 11.2 Å². The van der Waals surface area contributed by atoms with Crippen molar-refractivity contribution < 1.29 is 19.1 Å². The second-order valence-electron chi connectivity index (χ2n) is 9.86. The number of nitrogens with zero attached hydrogens (tertiary/aromatic N) is 2. The van der Waals surface area contributed by atoms with Crippen LogP contribution in [0.3, 0.4) is 0 Å². The lowest BCUT2D eigenvalue weighted by molar-refractivity contribution is -0.142. The van der Waals surface area contributed by atoms with Gasteiger partial charge in [-0.15, -0.1) is 6.42 Å². The molecule has 0 aliphatic heterocycles. The van der Waals surface area contributed by atoms with Gasteiger partial charge < -0.3 is 20.3 Å². The Labute approximate surface area is 209 Å². The highest BCUT2D eigenvalue weighted by atomic mass is 16.6. The van der Waals surface area contributed by atoms with Gasteiger partial charge in [-0.25, -0.2) is 4.79 Å². The zero-order valence-electron chi connectivity index (χ0n) is 21.8. The number of carbonyl (C=O) groups is 3. The summed E-state index contributed by atoms with van der Waals surface area (Å²) in [6.45, 7) is 12.2. The van der Waals surface area contributed by atoms with Crippen LogP contribution in [-0.2, 0) is 14.3 Å². The lowest BCUT2D eigenvalue weighted by Crippen LogP contribution is -2.55. The molecule has 3 unspecified atom stereocenters. The molecule has 8 nitrogen and oxygen atoms in total. The number of nitriles is 1. The summed E-state index contributed by atoms with van der Waals surface area (Å²) in [6, 6.07) is 6.47. The predicted molar refractivity (Wildman–Crippen MR) is 135 cm³/mol. The third-order valence-electron chi connectivity index (χ3n) is 5.19. The van der Waals surface area contributed by atoms with Crippen molar-refractivity contribution in [3.8, 4) is 18.4 Å². The Hall–Kier alpha value is -3.52. The molecule has 0 heterocycles. The molecule has 1 rings (SSSR count). The lowest BCUT2D eigenvalue weighted by atomic mass is 9.98. The van der Waals surface area contributed by atoms with E-state index < -0.39 is 35.6 Å². The summed E-state index contributed by atoms with van der Waals surface area (Å²) >= 11 is 0. The standard InChI is InChI=1S/C27H38N4O4/c1-9-11-19(5)29-24(32)23(21-14-12-20(10-2)13-15-21)31(17-16-28)25(33)22(18(3)4)30-26(34)35-27(6,7)8/h2,12-15,18-19,22-23H,9,11,17H2,1,3-8H3,(H,29,32)(H,30,34). The summed E-state index contributed by atoms with van der Waals surface area (Å²) in [7, 11) is 0. The highest BCUT2D eigenvalue weighted by Crippen LogP contribution is 2.24. The Kier molecular flexibility index (Phi) is 11.3. The van der Waals surface area contributed by atoms with E-state index >= 15 is 0 Å². The van der Waals surface area contributed by atoms with Crippen molar-refractivity contribution in [2.24, 2.45) is 5.92 Å². The zero-order chi connectivity index (χ0) is 26.8. The second kappa shape index (κ2) is 13.4. The molecule has 0 fully saturated rings. The van der Waals surface area contributed by atoms with Crippen LogP contribution in [0.1, 0.15) is 78.5 Å². The van der Waals surface area contributed by atoms with E-state index in [1.165, 1.54) is 4.90 Å². The topological polar surface area (TPSA) is 112 Å². The normalized spacial score (nSPS) is 13.5. The van der Waals surface area contributed by atoms with Crippen molar-refractivity contribution in [3.05, 3.63) is 35.4 Å². The molecule has 2 N–H and O–H groups in total. The average molecular weight is 483 g/mol. The zero-order valence-corrected chi connectivity index (χ0v) is 21.8. The van der Waals surface area contributed by atoms with Crippen LogP contribution in [0.15, 0.2) is 24.3 Å². The third kappa shape index (κ3) is 9.33. The van der Waals surface area contributed by atoms with Gasteiger partial charge in [-0.05, 0) is 57.7 Å². The first-order valence-corrected chi connectivity index (χ1v) is 11.9. The molecule has 0 bridgehead atoms. The number of ether oxygens (including phenoxy) is 1. The Morgan fingerprint density at radius 1 is 1.11 bits per heavy atom. The molecule has 0 radical (unpaired) electrons. The van der Waals surface area contributed by atoms with E-state index in [-0.39, 0.29) is 18.5 Å². The van der Waals surface area contributed by atoms with Crippen LogP contribution < -0.4 is 10.6 Å².